The summed E-state index contributed by atoms with van der Waals surface area (Å²) in [5.74, 6) is 0.105. The van der Waals surface area contributed by atoms with Crippen LogP contribution < -0.4 is 10.8 Å². The maximum Gasteiger partial charge on any atom is 0.494 e. The Balaban J connectivity index is 1.94. The van der Waals surface area contributed by atoms with E-state index in [1.165, 1.54) is 0 Å². The molecule has 0 aliphatic carbocycles. The molecule has 0 bridgehead atoms. The smallest absolute Gasteiger partial charge is 0.449 e. The number of hydrogen-bond acceptors (Lipinski definition) is 4. The summed E-state index contributed by atoms with van der Waals surface area (Å²) in [7, 11) is -0.363. The van der Waals surface area contributed by atoms with Crippen molar-refractivity contribution in [3.63, 3.8) is 0 Å². The molecule has 1 heterocycles. The van der Waals surface area contributed by atoms with Crippen LogP contribution in [0.3, 0.4) is 0 Å². The predicted molar refractivity (Wildman–Crippen MR) is 105 cm³/mol. The summed E-state index contributed by atoms with van der Waals surface area (Å²) >= 11 is 0. The summed E-state index contributed by atoms with van der Waals surface area (Å²) in [6.45, 7) is 16.3. The molecule has 1 N–H and O–H groups in total. The molecule has 26 heavy (non-hydrogen) atoms. The maximum absolute atomic E-state index is 11.8. The molecule has 0 aromatic heterocycles. The maximum atomic E-state index is 11.8. The Labute approximate surface area is 157 Å². The first-order valence-corrected chi connectivity index (χ1v) is 9.21. The van der Waals surface area contributed by atoms with E-state index in [1.807, 2.05) is 79.7 Å². The molecule has 0 saturated carbocycles. The van der Waals surface area contributed by atoms with Gasteiger partial charge in [-0.3, -0.25) is 0 Å². The monoisotopic (exact) mass is 361 g/mol. The molecule has 1 unspecified atom stereocenters. The third-order valence-corrected chi connectivity index (χ3v) is 4.97. The first kappa shape index (κ1) is 20.8. The van der Waals surface area contributed by atoms with Gasteiger partial charge in [0, 0.05) is 11.5 Å². The fourth-order valence-electron chi connectivity index (χ4n) is 2.60. The molecule has 144 valence electrons. The minimum atomic E-state index is -0.391. The fourth-order valence-corrected chi connectivity index (χ4v) is 2.60. The van der Waals surface area contributed by atoms with Crippen molar-refractivity contribution < 1.29 is 18.8 Å². The van der Waals surface area contributed by atoms with Crippen LogP contribution >= 0.6 is 0 Å². The second-order valence-electron chi connectivity index (χ2n) is 9.13. The van der Waals surface area contributed by atoms with Crippen LogP contribution in [0.5, 0.6) is 0 Å². The molecular weight excluding hydrogens is 329 g/mol. The molecule has 5 nitrogen and oxygen atoms in total. The Bertz CT molecular complexity index is 618. The second-order valence-corrected chi connectivity index (χ2v) is 9.13. The van der Waals surface area contributed by atoms with Crippen molar-refractivity contribution in [1.29, 1.82) is 0 Å². The van der Waals surface area contributed by atoms with Gasteiger partial charge in [-0.2, -0.15) is 0 Å². The number of carbonyl (C=O) groups excluding carboxylic acids is 1. The molecule has 0 spiro atoms. The van der Waals surface area contributed by atoms with E-state index < -0.39 is 6.09 Å². The third kappa shape index (κ3) is 5.01. The lowest BCUT2D eigenvalue weighted by Gasteiger charge is -2.32. The van der Waals surface area contributed by atoms with Crippen LogP contribution in [0.4, 0.5) is 4.79 Å². The van der Waals surface area contributed by atoms with Crippen molar-refractivity contribution in [3.8, 4) is 0 Å². The molecule has 1 aromatic carbocycles. The number of ether oxygens (including phenoxy) is 1. The molecule has 1 fully saturated rings. The number of carbonyl (C=O) groups is 1. The van der Waals surface area contributed by atoms with E-state index in [4.69, 9.17) is 14.0 Å². The van der Waals surface area contributed by atoms with Crippen LogP contribution in [0.1, 0.15) is 66.9 Å². The summed E-state index contributed by atoms with van der Waals surface area (Å²) in [5, 5.41) is 2.79. The minimum Gasteiger partial charge on any atom is -0.449 e. The van der Waals surface area contributed by atoms with Crippen LogP contribution in [0.2, 0.25) is 0 Å². The van der Waals surface area contributed by atoms with Crippen LogP contribution in [0.15, 0.2) is 24.3 Å². The lowest BCUT2D eigenvalue weighted by atomic mass is 9.78. The van der Waals surface area contributed by atoms with E-state index in [9.17, 15) is 4.79 Å². The lowest BCUT2D eigenvalue weighted by Crippen LogP contribution is -2.41. The Kier molecular flexibility index (Phi) is 5.79. The van der Waals surface area contributed by atoms with E-state index in [0.717, 1.165) is 11.0 Å². The molecule has 1 aromatic rings. The normalized spacial score (nSPS) is 19.9. The van der Waals surface area contributed by atoms with Gasteiger partial charge in [0.05, 0.1) is 17.8 Å². The number of benzene rings is 1. The summed E-state index contributed by atoms with van der Waals surface area (Å²) in [6.07, 6.45) is -0.391. The van der Waals surface area contributed by atoms with Crippen molar-refractivity contribution >= 4 is 18.7 Å². The number of amides is 1. The van der Waals surface area contributed by atoms with Gasteiger partial charge in [-0.05, 0) is 59.5 Å². The Morgan fingerprint density at radius 2 is 1.62 bits per heavy atom. The molecule has 1 atom stereocenters. The first-order chi connectivity index (χ1) is 11.8. The average molecular weight is 361 g/mol. The topological polar surface area (TPSA) is 56.8 Å². The summed E-state index contributed by atoms with van der Waals surface area (Å²) < 4.78 is 17.5. The molecule has 1 aliphatic rings. The zero-order valence-corrected chi connectivity index (χ0v) is 17.3. The molecule has 0 radical (unpaired) electrons. The summed E-state index contributed by atoms with van der Waals surface area (Å²) in [4.78, 5) is 11.8. The van der Waals surface area contributed by atoms with Gasteiger partial charge in [0.2, 0.25) is 0 Å². The highest BCUT2D eigenvalue weighted by molar-refractivity contribution is 6.62. The van der Waals surface area contributed by atoms with Gasteiger partial charge in [-0.1, -0.05) is 31.2 Å². The van der Waals surface area contributed by atoms with Gasteiger partial charge in [-0.15, -0.1) is 0 Å². The third-order valence-electron chi connectivity index (χ3n) is 4.97. The van der Waals surface area contributed by atoms with Crippen molar-refractivity contribution in [2.24, 2.45) is 0 Å². The van der Waals surface area contributed by atoms with E-state index in [2.05, 4.69) is 5.32 Å². The minimum absolute atomic E-state index is 0.105. The van der Waals surface area contributed by atoms with Crippen molar-refractivity contribution in [1.82, 2.24) is 5.32 Å². The summed E-state index contributed by atoms with van der Waals surface area (Å²) in [6, 6.07) is 8.11. The number of nitrogens with one attached hydrogen (secondary N) is 1. The molecular formula is C20H32BNO4. The van der Waals surface area contributed by atoms with E-state index in [1.54, 1.807) is 0 Å². The fraction of sp³-hybridized carbons (Fsp3) is 0.650. The van der Waals surface area contributed by atoms with Crippen LogP contribution in [-0.2, 0) is 14.0 Å². The highest BCUT2D eigenvalue weighted by Gasteiger charge is 2.51. The van der Waals surface area contributed by atoms with Crippen molar-refractivity contribution in [3.05, 3.63) is 29.8 Å². The predicted octanol–water partition coefficient (Wildman–Crippen LogP) is 3.61. The van der Waals surface area contributed by atoms with Crippen molar-refractivity contribution in [2.75, 3.05) is 6.61 Å². The van der Waals surface area contributed by atoms with Gasteiger partial charge < -0.3 is 19.4 Å². The standard InChI is InChI=1S/C20H32BNO4/c1-14(13-24-17(23)22-18(2,3)4)15-9-11-16(12-10-15)21-25-19(5,6)20(7,8)26-21/h9-12,14H,13H2,1-8H3,(H,22,23). The van der Waals surface area contributed by atoms with Gasteiger partial charge in [-0.25, -0.2) is 4.79 Å². The number of alkyl carbamates (subject to hydrolysis) is 1. The quantitative estimate of drug-likeness (QED) is 0.833. The van der Waals surface area contributed by atoms with Gasteiger partial charge >= 0.3 is 13.2 Å². The van der Waals surface area contributed by atoms with E-state index >= 15 is 0 Å². The Hall–Kier alpha value is -1.53. The zero-order chi connectivity index (χ0) is 19.8. The average Bonchev–Trinajstić information content (AvgIpc) is 2.71. The Morgan fingerprint density at radius 3 is 2.08 bits per heavy atom. The largest absolute Gasteiger partial charge is 0.494 e. The highest BCUT2D eigenvalue weighted by atomic mass is 16.7. The molecule has 1 amide bonds. The second kappa shape index (κ2) is 7.24. The first-order valence-electron chi connectivity index (χ1n) is 9.21. The van der Waals surface area contributed by atoms with Gasteiger partial charge in [0.25, 0.3) is 0 Å². The number of hydrogen-bond donors (Lipinski definition) is 1. The summed E-state index contributed by atoms with van der Waals surface area (Å²) in [5.41, 5.74) is 1.10. The number of rotatable bonds is 4. The molecule has 2 rings (SSSR count). The van der Waals surface area contributed by atoms with Crippen LogP contribution in [-0.4, -0.2) is 36.6 Å². The Morgan fingerprint density at radius 1 is 1.12 bits per heavy atom. The van der Waals surface area contributed by atoms with Crippen LogP contribution in [0, 0.1) is 0 Å². The molecule has 1 aliphatic heterocycles. The molecule has 1 saturated heterocycles. The van der Waals surface area contributed by atoms with Crippen LogP contribution in [0.25, 0.3) is 0 Å². The van der Waals surface area contributed by atoms with Gasteiger partial charge in [0.15, 0.2) is 0 Å². The zero-order valence-electron chi connectivity index (χ0n) is 17.3. The van der Waals surface area contributed by atoms with Crippen molar-refractivity contribution in [2.45, 2.75) is 78.0 Å². The SMILES string of the molecule is CC(COC(=O)NC(C)(C)C)c1ccc(B2OC(C)(C)C(C)(C)O2)cc1. The lowest BCUT2D eigenvalue weighted by molar-refractivity contribution is 0.00578. The molecule has 6 heteroatoms. The van der Waals surface area contributed by atoms with Gasteiger partial charge in [0.1, 0.15) is 0 Å². The highest BCUT2D eigenvalue weighted by Crippen LogP contribution is 2.36. The van der Waals surface area contributed by atoms with E-state index in [-0.39, 0.29) is 29.8 Å². The van der Waals surface area contributed by atoms with E-state index in [0.29, 0.717) is 6.61 Å².